The molecular formula is C14H23NO3. The third kappa shape index (κ3) is 4.29. The summed E-state index contributed by atoms with van der Waals surface area (Å²) in [5, 5.41) is 22.3. The van der Waals surface area contributed by atoms with Gasteiger partial charge in [0.1, 0.15) is 5.75 Å². The fourth-order valence-corrected chi connectivity index (χ4v) is 2.07. The van der Waals surface area contributed by atoms with Crippen molar-refractivity contribution in [3.63, 3.8) is 0 Å². The highest BCUT2D eigenvalue weighted by Crippen LogP contribution is 2.26. The molecule has 102 valence electrons. The van der Waals surface area contributed by atoms with Gasteiger partial charge in [-0.3, -0.25) is 0 Å². The van der Waals surface area contributed by atoms with Gasteiger partial charge in [-0.15, -0.1) is 0 Å². The van der Waals surface area contributed by atoms with E-state index in [-0.39, 0.29) is 18.7 Å². The molecule has 0 heterocycles. The molecule has 4 heteroatoms. The number of para-hydroxylation sites is 1. The monoisotopic (exact) mass is 253 g/mol. The van der Waals surface area contributed by atoms with Crippen LogP contribution in [0.3, 0.4) is 0 Å². The fraction of sp³-hybridized carbons (Fsp3) is 0.571. The third-order valence-electron chi connectivity index (χ3n) is 3.00. The smallest absolute Gasteiger partial charge is 0.120 e. The molecule has 2 unspecified atom stereocenters. The van der Waals surface area contributed by atoms with Crippen LogP contribution in [0.15, 0.2) is 24.3 Å². The minimum Gasteiger partial charge on any atom is -0.508 e. The van der Waals surface area contributed by atoms with Gasteiger partial charge in [0.2, 0.25) is 0 Å². The lowest BCUT2D eigenvalue weighted by molar-refractivity contribution is 0.141. The molecule has 0 radical (unpaired) electrons. The predicted molar refractivity (Wildman–Crippen MR) is 71.6 cm³/mol. The van der Waals surface area contributed by atoms with Gasteiger partial charge < -0.3 is 20.3 Å². The summed E-state index contributed by atoms with van der Waals surface area (Å²) >= 11 is 0. The number of hydrogen-bond donors (Lipinski definition) is 3. The SMILES string of the molecule is CCC(NC(CCO)COC)c1ccccc1O. The van der Waals surface area contributed by atoms with Crippen molar-refractivity contribution < 1.29 is 14.9 Å². The van der Waals surface area contributed by atoms with E-state index >= 15 is 0 Å². The first-order chi connectivity index (χ1) is 8.72. The number of rotatable bonds is 8. The summed E-state index contributed by atoms with van der Waals surface area (Å²) in [5.41, 5.74) is 0.888. The van der Waals surface area contributed by atoms with Crippen molar-refractivity contribution in [3.8, 4) is 5.75 Å². The Bertz CT molecular complexity index is 338. The Balaban J connectivity index is 2.73. The average molecular weight is 253 g/mol. The van der Waals surface area contributed by atoms with E-state index in [1.54, 1.807) is 13.2 Å². The Hall–Kier alpha value is -1.10. The van der Waals surface area contributed by atoms with Crippen LogP contribution in [0.4, 0.5) is 0 Å². The molecule has 18 heavy (non-hydrogen) atoms. The van der Waals surface area contributed by atoms with E-state index in [4.69, 9.17) is 9.84 Å². The molecule has 0 amide bonds. The molecule has 0 aliphatic heterocycles. The zero-order valence-electron chi connectivity index (χ0n) is 11.1. The highest BCUT2D eigenvalue weighted by molar-refractivity contribution is 5.34. The van der Waals surface area contributed by atoms with Crippen LogP contribution in [0.25, 0.3) is 0 Å². The van der Waals surface area contributed by atoms with Gasteiger partial charge in [0.15, 0.2) is 0 Å². The molecule has 0 bridgehead atoms. The second kappa shape index (κ2) is 8.08. The van der Waals surface area contributed by atoms with E-state index in [1.165, 1.54) is 0 Å². The van der Waals surface area contributed by atoms with Crippen molar-refractivity contribution in [1.29, 1.82) is 0 Å². The quantitative estimate of drug-likeness (QED) is 0.661. The lowest BCUT2D eigenvalue weighted by Gasteiger charge is -2.25. The van der Waals surface area contributed by atoms with Crippen LogP contribution >= 0.6 is 0 Å². The molecule has 4 nitrogen and oxygen atoms in total. The molecule has 0 saturated carbocycles. The number of benzene rings is 1. The molecule has 0 aliphatic carbocycles. The summed E-state index contributed by atoms with van der Waals surface area (Å²) in [7, 11) is 1.65. The topological polar surface area (TPSA) is 61.7 Å². The van der Waals surface area contributed by atoms with Gasteiger partial charge in [-0.1, -0.05) is 25.1 Å². The van der Waals surface area contributed by atoms with Gasteiger partial charge in [-0.25, -0.2) is 0 Å². The van der Waals surface area contributed by atoms with Crippen LogP contribution in [0.2, 0.25) is 0 Å². The number of hydrogen-bond acceptors (Lipinski definition) is 4. The van der Waals surface area contributed by atoms with Gasteiger partial charge in [0.25, 0.3) is 0 Å². The van der Waals surface area contributed by atoms with Crippen molar-refractivity contribution in [3.05, 3.63) is 29.8 Å². The summed E-state index contributed by atoms with van der Waals surface area (Å²) in [4.78, 5) is 0. The maximum absolute atomic E-state index is 9.86. The maximum atomic E-state index is 9.86. The van der Waals surface area contributed by atoms with Gasteiger partial charge >= 0.3 is 0 Å². The highest BCUT2D eigenvalue weighted by Gasteiger charge is 2.17. The van der Waals surface area contributed by atoms with Gasteiger partial charge in [-0.05, 0) is 18.9 Å². The van der Waals surface area contributed by atoms with Crippen LogP contribution in [-0.2, 0) is 4.74 Å². The van der Waals surface area contributed by atoms with Crippen molar-refractivity contribution in [1.82, 2.24) is 5.32 Å². The van der Waals surface area contributed by atoms with E-state index in [2.05, 4.69) is 12.2 Å². The standard InChI is InChI=1S/C14H23NO3/c1-3-13(12-6-4-5-7-14(12)17)15-11(8-9-16)10-18-2/h4-7,11,13,15-17H,3,8-10H2,1-2H3. The number of aliphatic hydroxyl groups is 1. The molecule has 0 aromatic heterocycles. The van der Waals surface area contributed by atoms with Crippen molar-refractivity contribution in [2.75, 3.05) is 20.3 Å². The lowest BCUT2D eigenvalue weighted by Crippen LogP contribution is -2.36. The molecule has 3 N–H and O–H groups in total. The largest absolute Gasteiger partial charge is 0.508 e. The van der Waals surface area contributed by atoms with Crippen molar-refractivity contribution in [2.24, 2.45) is 0 Å². The Labute approximate surface area is 109 Å². The molecule has 0 aliphatic rings. The zero-order chi connectivity index (χ0) is 13.4. The number of aromatic hydroxyl groups is 1. The third-order valence-corrected chi connectivity index (χ3v) is 3.00. The van der Waals surface area contributed by atoms with E-state index in [1.807, 2.05) is 18.2 Å². The van der Waals surface area contributed by atoms with E-state index in [0.29, 0.717) is 18.8 Å². The van der Waals surface area contributed by atoms with Gasteiger partial charge in [-0.2, -0.15) is 0 Å². The Kier molecular flexibility index (Phi) is 6.72. The molecule has 1 aromatic carbocycles. The molecule has 2 atom stereocenters. The summed E-state index contributed by atoms with van der Waals surface area (Å²) in [6.07, 6.45) is 1.50. The second-order valence-electron chi connectivity index (χ2n) is 4.35. The predicted octanol–water partition coefficient (Wildman–Crippen LogP) is 1.83. The fourth-order valence-electron chi connectivity index (χ4n) is 2.07. The minimum absolute atomic E-state index is 0.0675. The van der Waals surface area contributed by atoms with Crippen LogP contribution in [-0.4, -0.2) is 36.6 Å². The lowest BCUT2D eigenvalue weighted by atomic mass is 10.0. The average Bonchev–Trinajstić information content (AvgIpc) is 2.37. The molecule has 0 saturated heterocycles. The first-order valence-electron chi connectivity index (χ1n) is 6.36. The van der Waals surface area contributed by atoms with Crippen LogP contribution in [0.5, 0.6) is 5.75 Å². The second-order valence-corrected chi connectivity index (χ2v) is 4.35. The Morgan fingerprint density at radius 1 is 1.33 bits per heavy atom. The van der Waals surface area contributed by atoms with Gasteiger partial charge in [0, 0.05) is 31.4 Å². The summed E-state index contributed by atoms with van der Waals surface area (Å²) < 4.78 is 5.13. The van der Waals surface area contributed by atoms with Crippen molar-refractivity contribution in [2.45, 2.75) is 31.8 Å². The van der Waals surface area contributed by atoms with Crippen LogP contribution in [0.1, 0.15) is 31.4 Å². The first-order valence-corrected chi connectivity index (χ1v) is 6.36. The molecule has 0 spiro atoms. The Morgan fingerprint density at radius 2 is 2.06 bits per heavy atom. The number of nitrogens with one attached hydrogen (secondary N) is 1. The first kappa shape index (κ1) is 15.0. The van der Waals surface area contributed by atoms with E-state index in [9.17, 15) is 5.11 Å². The van der Waals surface area contributed by atoms with Gasteiger partial charge in [0.05, 0.1) is 6.61 Å². The summed E-state index contributed by atoms with van der Waals surface area (Å²) in [6.45, 7) is 2.73. The molecule has 0 fully saturated rings. The number of phenols is 1. The summed E-state index contributed by atoms with van der Waals surface area (Å²) in [5.74, 6) is 0.303. The van der Waals surface area contributed by atoms with Crippen LogP contribution in [0, 0.1) is 0 Å². The number of ether oxygens (including phenoxy) is 1. The van der Waals surface area contributed by atoms with E-state index < -0.39 is 0 Å². The molecule has 1 aromatic rings. The normalized spacial score (nSPS) is 14.4. The number of phenolic OH excluding ortho intramolecular Hbond substituents is 1. The van der Waals surface area contributed by atoms with E-state index in [0.717, 1.165) is 12.0 Å². The van der Waals surface area contributed by atoms with Crippen LogP contribution < -0.4 is 5.32 Å². The molecule has 1 rings (SSSR count). The molecular weight excluding hydrogens is 230 g/mol. The summed E-state index contributed by atoms with van der Waals surface area (Å²) in [6, 6.07) is 7.49. The highest BCUT2D eigenvalue weighted by atomic mass is 16.5. The Morgan fingerprint density at radius 3 is 2.61 bits per heavy atom. The maximum Gasteiger partial charge on any atom is 0.120 e. The number of aliphatic hydroxyl groups excluding tert-OH is 1. The minimum atomic E-state index is 0.0675. The van der Waals surface area contributed by atoms with Crippen molar-refractivity contribution >= 4 is 0 Å². The number of methoxy groups -OCH3 is 1. The zero-order valence-corrected chi connectivity index (χ0v) is 11.1.